The molecule has 0 fully saturated rings. The van der Waals surface area contributed by atoms with E-state index >= 15 is 0 Å². The normalized spacial score (nSPS) is 11.4. The quantitative estimate of drug-likeness (QED) is 0.274. The fourth-order valence-electron chi connectivity index (χ4n) is 3.01. The molecule has 168 valence electrons. The van der Waals surface area contributed by atoms with Crippen molar-refractivity contribution in [2.45, 2.75) is 17.9 Å². The molecule has 0 aliphatic carbocycles. The van der Waals surface area contributed by atoms with Crippen molar-refractivity contribution < 1.29 is 22.7 Å². The highest BCUT2D eigenvalue weighted by atomic mass is 32.2. The first-order valence-electron chi connectivity index (χ1n) is 9.77. The number of carbonyl (C=O) groups excluding carboxylic acids is 1. The fraction of sp³-hybridized carbons (Fsp3) is 0.130. The molecule has 0 aliphatic rings. The summed E-state index contributed by atoms with van der Waals surface area (Å²) < 4.78 is 46.7. The molecule has 0 amide bonds. The number of benzene rings is 2. The second kappa shape index (κ2) is 9.86. The molecule has 2 aromatic heterocycles. The van der Waals surface area contributed by atoms with Gasteiger partial charge in [-0.2, -0.15) is 13.2 Å². The van der Waals surface area contributed by atoms with Gasteiger partial charge in [0.25, 0.3) is 0 Å². The van der Waals surface area contributed by atoms with E-state index in [2.05, 4.69) is 15.2 Å². The highest BCUT2D eigenvalue weighted by molar-refractivity contribution is 7.99. The summed E-state index contributed by atoms with van der Waals surface area (Å²) in [6.07, 6.45) is -1.40. The predicted octanol–water partition coefficient (Wildman–Crippen LogP) is 5.18. The zero-order valence-corrected chi connectivity index (χ0v) is 17.9. The lowest BCUT2D eigenvalue weighted by Gasteiger charge is -2.13. The van der Waals surface area contributed by atoms with Gasteiger partial charge < -0.3 is 4.74 Å². The number of aromatic nitrogens is 4. The summed E-state index contributed by atoms with van der Waals surface area (Å²) in [4.78, 5) is 16.2. The van der Waals surface area contributed by atoms with Gasteiger partial charge in [0, 0.05) is 18.0 Å². The van der Waals surface area contributed by atoms with Crippen LogP contribution in [0.4, 0.5) is 13.2 Å². The first-order valence-corrected chi connectivity index (χ1v) is 10.8. The topological polar surface area (TPSA) is 69.9 Å². The number of rotatable bonds is 7. The number of nitrogens with zero attached hydrogens (tertiary/aromatic N) is 4. The van der Waals surface area contributed by atoms with Gasteiger partial charge in [-0.25, -0.2) is 0 Å². The van der Waals surface area contributed by atoms with Gasteiger partial charge in [0.15, 0.2) is 11.0 Å². The highest BCUT2D eigenvalue weighted by Crippen LogP contribution is 2.33. The molecular weight excluding hydrogens is 453 g/mol. The molecule has 0 N–H and O–H groups in total. The molecule has 4 aromatic rings. The lowest BCUT2D eigenvalue weighted by Crippen LogP contribution is -2.09. The summed E-state index contributed by atoms with van der Waals surface area (Å²) in [6.45, 7) is 0.128. The van der Waals surface area contributed by atoms with E-state index in [1.54, 1.807) is 24.5 Å². The third-order valence-electron chi connectivity index (χ3n) is 4.57. The Morgan fingerprint density at radius 3 is 2.45 bits per heavy atom. The van der Waals surface area contributed by atoms with E-state index in [0.717, 1.165) is 29.5 Å². The number of esters is 1. The summed E-state index contributed by atoms with van der Waals surface area (Å²) in [7, 11) is 0. The number of thioether (sulfide) groups is 1. The Morgan fingerprint density at radius 2 is 1.73 bits per heavy atom. The summed E-state index contributed by atoms with van der Waals surface area (Å²) in [5.74, 6) is -0.231. The molecular formula is C23H17F3N4O2S. The van der Waals surface area contributed by atoms with Crippen molar-refractivity contribution >= 4 is 17.7 Å². The van der Waals surface area contributed by atoms with Gasteiger partial charge in [0.05, 0.1) is 17.0 Å². The lowest BCUT2D eigenvalue weighted by molar-refractivity contribution is -0.141. The van der Waals surface area contributed by atoms with E-state index in [1.165, 1.54) is 16.7 Å². The van der Waals surface area contributed by atoms with Crippen LogP contribution < -0.4 is 0 Å². The Balaban J connectivity index is 1.59. The molecule has 4 rings (SSSR count). The Kier molecular flexibility index (Phi) is 6.74. The molecule has 2 aromatic carbocycles. The van der Waals surface area contributed by atoms with E-state index < -0.39 is 17.7 Å². The van der Waals surface area contributed by atoms with Crippen LogP contribution >= 0.6 is 11.8 Å². The molecule has 0 saturated heterocycles. The van der Waals surface area contributed by atoms with Crippen LogP contribution in [-0.4, -0.2) is 31.5 Å². The van der Waals surface area contributed by atoms with Crippen LogP contribution in [0.2, 0.25) is 0 Å². The second-order valence-corrected chi connectivity index (χ2v) is 7.80. The number of pyridine rings is 1. The number of carbonyl (C=O) groups is 1. The number of hydrogen-bond donors (Lipinski definition) is 0. The van der Waals surface area contributed by atoms with Crippen molar-refractivity contribution in [3.05, 3.63) is 90.3 Å². The van der Waals surface area contributed by atoms with Crippen LogP contribution in [0.1, 0.15) is 11.1 Å². The maximum absolute atomic E-state index is 13.3. The molecule has 10 heteroatoms. The largest absolute Gasteiger partial charge is 0.460 e. The molecule has 0 radical (unpaired) electrons. The summed E-state index contributed by atoms with van der Waals surface area (Å²) in [5, 5.41) is 8.54. The van der Waals surface area contributed by atoms with Gasteiger partial charge in [-0.05, 0) is 35.9 Å². The number of hydrogen-bond acceptors (Lipinski definition) is 6. The van der Waals surface area contributed by atoms with Gasteiger partial charge in [0.2, 0.25) is 0 Å². The standard InChI is InChI=1S/C23H17F3N4O2S/c24-23(25,26)18-7-4-8-19(13-18)30-21(17-9-11-27-12-10-17)28-29-22(30)33-15-20(31)32-14-16-5-2-1-3-6-16/h1-13H,14-15H2. The van der Waals surface area contributed by atoms with Crippen LogP contribution in [-0.2, 0) is 22.3 Å². The summed E-state index contributed by atoms with van der Waals surface area (Å²) in [6, 6.07) is 17.4. The van der Waals surface area contributed by atoms with Crippen LogP contribution in [0, 0.1) is 0 Å². The molecule has 0 unspecified atom stereocenters. The van der Waals surface area contributed by atoms with Gasteiger partial charge in [-0.1, -0.05) is 48.2 Å². The highest BCUT2D eigenvalue weighted by Gasteiger charge is 2.31. The monoisotopic (exact) mass is 470 g/mol. The molecule has 0 spiro atoms. The number of ether oxygens (including phenoxy) is 1. The van der Waals surface area contributed by atoms with Crippen molar-refractivity contribution in [1.29, 1.82) is 0 Å². The molecule has 0 atom stereocenters. The van der Waals surface area contributed by atoms with Gasteiger partial charge in [-0.15, -0.1) is 10.2 Å². The molecule has 0 saturated carbocycles. The van der Waals surface area contributed by atoms with E-state index in [9.17, 15) is 18.0 Å². The van der Waals surface area contributed by atoms with Gasteiger partial charge in [0.1, 0.15) is 6.61 Å². The minimum Gasteiger partial charge on any atom is -0.460 e. The zero-order valence-electron chi connectivity index (χ0n) is 17.1. The second-order valence-electron chi connectivity index (χ2n) is 6.86. The minimum atomic E-state index is -4.50. The van der Waals surface area contributed by atoms with E-state index in [-0.39, 0.29) is 23.2 Å². The maximum Gasteiger partial charge on any atom is 0.416 e. The van der Waals surface area contributed by atoms with Gasteiger partial charge >= 0.3 is 12.1 Å². The SMILES string of the molecule is O=C(CSc1nnc(-c2ccncc2)n1-c1cccc(C(F)(F)F)c1)OCc1ccccc1. The van der Waals surface area contributed by atoms with Crippen molar-refractivity contribution in [2.75, 3.05) is 5.75 Å². The number of alkyl halides is 3. The molecule has 0 bridgehead atoms. The predicted molar refractivity (Wildman–Crippen MR) is 117 cm³/mol. The van der Waals surface area contributed by atoms with Crippen LogP contribution in [0.15, 0.2) is 84.3 Å². The van der Waals surface area contributed by atoms with Crippen molar-refractivity contribution in [2.24, 2.45) is 0 Å². The van der Waals surface area contributed by atoms with Crippen molar-refractivity contribution in [1.82, 2.24) is 19.7 Å². The Bertz CT molecular complexity index is 1230. The van der Waals surface area contributed by atoms with Crippen LogP contribution in [0.3, 0.4) is 0 Å². The average Bonchev–Trinajstić information content (AvgIpc) is 3.26. The van der Waals surface area contributed by atoms with E-state index in [4.69, 9.17) is 4.74 Å². The lowest BCUT2D eigenvalue weighted by atomic mass is 10.2. The Labute approximate surface area is 191 Å². The molecule has 33 heavy (non-hydrogen) atoms. The van der Waals surface area contributed by atoms with Crippen LogP contribution in [0.5, 0.6) is 0 Å². The molecule has 6 nitrogen and oxygen atoms in total. The van der Waals surface area contributed by atoms with E-state index in [0.29, 0.717) is 11.4 Å². The Hall–Kier alpha value is -3.66. The van der Waals surface area contributed by atoms with Crippen molar-refractivity contribution in [3.8, 4) is 17.1 Å². The summed E-state index contributed by atoms with van der Waals surface area (Å²) in [5.41, 5.74) is 0.894. The van der Waals surface area contributed by atoms with Crippen LogP contribution in [0.25, 0.3) is 17.1 Å². The third-order valence-corrected chi connectivity index (χ3v) is 5.47. The first kappa shape index (κ1) is 22.5. The summed E-state index contributed by atoms with van der Waals surface area (Å²) >= 11 is 1.03. The number of halogens is 3. The first-order chi connectivity index (χ1) is 15.9. The van der Waals surface area contributed by atoms with Gasteiger partial charge in [-0.3, -0.25) is 14.3 Å². The Morgan fingerprint density at radius 1 is 0.970 bits per heavy atom. The van der Waals surface area contributed by atoms with E-state index in [1.807, 2.05) is 30.3 Å². The molecule has 0 aliphatic heterocycles. The third kappa shape index (κ3) is 5.58. The zero-order chi connectivity index (χ0) is 23.3. The average molecular weight is 470 g/mol. The minimum absolute atomic E-state index is 0.0831. The van der Waals surface area contributed by atoms with Crippen molar-refractivity contribution in [3.63, 3.8) is 0 Å². The maximum atomic E-state index is 13.3. The molecule has 2 heterocycles. The smallest absolute Gasteiger partial charge is 0.416 e. The fourth-order valence-corrected chi connectivity index (χ4v) is 3.76.